The van der Waals surface area contributed by atoms with E-state index in [1.54, 1.807) is 11.3 Å². The first kappa shape index (κ1) is 13.8. The molecule has 0 bridgehead atoms. The van der Waals surface area contributed by atoms with Crippen molar-refractivity contribution in [1.82, 2.24) is 0 Å². The summed E-state index contributed by atoms with van der Waals surface area (Å²) < 4.78 is 12.4. The lowest BCUT2D eigenvalue weighted by molar-refractivity contribution is 0.291. The van der Waals surface area contributed by atoms with E-state index in [1.165, 1.54) is 15.6 Å². The number of aryl methyl sites for hydroxylation is 1. The van der Waals surface area contributed by atoms with Gasteiger partial charge >= 0.3 is 0 Å². The standard InChI is InChI=1S/C13H14Cl2O2S/c1-9-8-18-13-7-12(17-5-3-15)11(6-10(9)13)16-4-2-14/h6-8H,2-5H2,1H3. The lowest BCUT2D eigenvalue weighted by Crippen LogP contribution is -2.03. The van der Waals surface area contributed by atoms with Crippen molar-refractivity contribution in [3.8, 4) is 11.5 Å². The number of rotatable bonds is 6. The van der Waals surface area contributed by atoms with E-state index in [9.17, 15) is 0 Å². The van der Waals surface area contributed by atoms with Crippen molar-refractivity contribution in [2.75, 3.05) is 25.0 Å². The van der Waals surface area contributed by atoms with Crippen molar-refractivity contribution in [2.45, 2.75) is 6.92 Å². The normalized spacial score (nSPS) is 10.8. The monoisotopic (exact) mass is 304 g/mol. The second-order valence-electron chi connectivity index (χ2n) is 3.79. The largest absolute Gasteiger partial charge is 0.488 e. The summed E-state index contributed by atoms with van der Waals surface area (Å²) in [5.41, 5.74) is 1.25. The minimum absolute atomic E-state index is 0.454. The molecule has 0 aliphatic carbocycles. The smallest absolute Gasteiger partial charge is 0.162 e. The van der Waals surface area contributed by atoms with Gasteiger partial charge in [-0.2, -0.15) is 0 Å². The van der Waals surface area contributed by atoms with Gasteiger partial charge in [0.25, 0.3) is 0 Å². The average molecular weight is 305 g/mol. The van der Waals surface area contributed by atoms with Crippen LogP contribution in [0.15, 0.2) is 17.5 Å². The van der Waals surface area contributed by atoms with Crippen LogP contribution in [0.25, 0.3) is 10.1 Å². The topological polar surface area (TPSA) is 18.5 Å². The van der Waals surface area contributed by atoms with Crippen molar-refractivity contribution in [1.29, 1.82) is 0 Å². The third-order valence-electron chi connectivity index (χ3n) is 2.50. The van der Waals surface area contributed by atoms with Crippen LogP contribution < -0.4 is 9.47 Å². The van der Waals surface area contributed by atoms with Crippen LogP contribution in [0.4, 0.5) is 0 Å². The molecule has 2 rings (SSSR count). The average Bonchev–Trinajstić information content (AvgIpc) is 2.74. The van der Waals surface area contributed by atoms with Gasteiger partial charge in [-0.3, -0.25) is 0 Å². The first-order valence-electron chi connectivity index (χ1n) is 5.65. The zero-order valence-corrected chi connectivity index (χ0v) is 12.4. The number of halogens is 2. The number of hydrogen-bond acceptors (Lipinski definition) is 3. The van der Waals surface area contributed by atoms with Crippen LogP contribution in [0.2, 0.25) is 0 Å². The molecule has 98 valence electrons. The van der Waals surface area contributed by atoms with Gasteiger partial charge in [-0.1, -0.05) is 0 Å². The maximum atomic E-state index is 5.65. The molecule has 0 aliphatic rings. The second-order valence-corrected chi connectivity index (χ2v) is 5.46. The number of benzene rings is 1. The maximum absolute atomic E-state index is 5.65. The fraction of sp³-hybridized carbons (Fsp3) is 0.385. The van der Waals surface area contributed by atoms with Gasteiger partial charge in [-0.15, -0.1) is 34.5 Å². The highest BCUT2D eigenvalue weighted by Gasteiger charge is 2.10. The molecular formula is C13H14Cl2O2S. The summed E-state index contributed by atoms with van der Waals surface area (Å²) >= 11 is 13.0. The highest BCUT2D eigenvalue weighted by molar-refractivity contribution is 7.17. The van der Waals surface area contributed by atoms with Crippen molar-refractivity contribution in [3.63, 3.8) is 0 Å². The molecule has 0 amide bonds. The lowest BCUT2D eigenvalue weighted by atomic mass is 10.2. The molecule has 0 spiro atoms. The molecule has 2 aromatic rings. The first-order valence-corrected chi connectivity index (χ1v) is 7.60. The number of fused-ring (bicyclic) bond motifs is 1. The predicted molar refractivity (Wildman–Crippen MR) is 79.0 cm³/mol. The van der Waals surface area contributed by atoms with Gasteiger partial charge in [0, 0.05) is 10.8 Å². The van der Waals surface area contributed by atoms with Gasteiger partial charge in [0.1, 0.15) is 13.2 Å². The summed E-state index contributed by atoms with van der Waals surface area (Å²) in [7, 11) is 0. The van der Waals surface area contributed by atoms with Crippen molar-refractivity contribution < 1.29 is 9.47 Å². The number of alkyl halides is 2. The molecule has 1 heterocycles. The van der Waals surface area contributed by atoms with Crippen molar-refractivity contribution >= 4 is 44.6 Å². The molecule has 0 atom stereocenters. The number of ether oxygens (including phenoxy) is 2. The minimum atomic E-state index is 0.454. The van der Waals surface area contributed by atoms with Crippen LogP contribution in [0.3, 0.4) is 0 Å². The Morgan fingerprint density at radius 1 is 1.06 bits per heavy atom. The zero-order valence-electron chi connectivity index (χ0n) is 10.0. The molecule has 0 unspecified atom stereocenters. The van der Waals surface area contributed by atoms with Gasteiger partial charge in [0.2, 0.25) is 0 Å². The summed E-state index contributed by atoms with van der Waals surface area (Å²) in [5, 5.41) is 3.32. The molecule has 0 aliphatic heterocycles. The Morgan fingerprint density at radius 2 is 1.67 bits per heavy atom. The summed E-state index contributed by atoms with van der Waals surface area (Å²) in [6.45, 7) is 3.02. The summed E-state index contributed by atoms with van der Waals surface area (Å²) in [6.07, 6.45) is 0. The Hall–Kier alpha value is -0.640. The minimum Gasteiger partial charge on any atom is -0.488 e. The van der Waals surface area contributed by atoms with Crippen LogP contribution >= 0.6 is 34.5 Å². The fourth-order valence-electron chi connectivity index (χ4n) is 1.68. The Bertz CT molecular complexity index is 525. The molecule has 1 aromatic heterocycles. The van der Waals surface area contributed by atoms with E-state index in [0.717, 1.165) is 11.5 Å². The van der Waals surface area contributed by atoms with Crippen molar-refractivity contribution in [3.05, 3.63) is 23.1 Å². The van der Waals surface area contributed by atoms with Crippen LogP contribution in [-0.4, -0.2) is 25.0 Å². The third kappa shape index (κ3) is 3.02. The Kier molecular flexibility index (Phi) is 4.98. The van der Waals surface area contributed by atoms with E-state index in [1.807, 2.05) is 12.1 Å². The van der Waals surface area contributed by atoms with E-state index < -0.39 is 0 Å². The van der Waals surface area contributed by atoms with Gasteiger partial charge < -0.3 is 9.47 Å². The van der Waals surface area contributed by atoms with Crippen LogP contribution in [0.5, 0.6) is 11.5 Å². The Labute approximate surface area is 120 Å². The number of thiophene rings is 1. The highest BCUT2D eigenvalue weighted by atomic mass is 35.5. The highest BCUT2D eigenvalue weighted by Crippen LogP contribution is 2.37. The molecule has 18 heavy (non-hydrogen) atoms. The van der Waals surface area contributed by atoms with Gasteiger partial charge in [-0.25, -0.2) is 0 Å². The lowest BCUT2D eigenvalue weighted by Gasteiger charge is -2.12. The van der Waals surface area contributed by atoms with E-state index in [4.69, 9.17) is 32.7 Å². The van der Waals surface area contributed by atoms with E-state index >= 15 is 0 Å². The molecule has 0 N–H and O–H groups in total. The maximum Gasteiger partial charge on any atom is 0.162 e. The van der Waals surface area contributed by atoms with Crippen LogP contribution in [-0.2, 0) is 0 Å². The second kappa shape index (κ2) is 6.50. The molecule has 1 aromatic carbocycles. The number of hydrogen-bond donors (Lipinski definition) is 0. The Morgan fingerprint density at radius 3 is 2.28 bits per heavy atom. The van der Waals surface area contributed by atoms with Crippen molar-refractivity contribution in [2.24, 2.45) is 0 Å². The van der Waals surface area contributed by atoms with Crippen LogP contribution in [0.1, 0.15) is 5.56 Å². The molecule has 0 saturated heterocycles. The van der Waals surface area contributed by atoms with Gasteiger partial charge in [-0.05, 0) is 29.3 Å². The van der Waals surface area contributed by atoms with E-state index in [0.29, 0.717) is 25.0 Å². The molecule has 2 nitrogen and oxygen atoms in total. The summed E-state index contributed by atoms with van der Waals surface area (Å²) in [4.78, 5) is 0. The SMILES string of the molecule is Cc1csc2cc(OCCCl)c(OCCCl)cc12. The third-order valence-corrected chi connectivity index (χ3v) is 3.87. The van der Waals surface area contributed by atoms with Gasteiger partial charge in [0.05, 0.1) is 11.8 Å². The molecule has 0 saturated carbocycles. The predicted octanol–water partition coefficient (Wildman–Crippen LogP) is 4.44. The van der Waals surface area contributed by atoms with E-state index in [-0.39, 0.29) is 0 Å². The van der Waals surface area contributed by atoms with Gasteiger partial charge in [0.15, 0.2) is 11.5 Å². The van der Waals surface area contributed by atoms with Crippen LogP contribution in [0, 0.1) is 6.92 Å². The Balaban J connectivity index is 2.37. The fourth-order valence-corrected chi connectivity index (χ4v) is 2.79. The first-order chi connectivity index (χ1) is 8.76. The zero-order chi connectivity index (χ0) is 13.0. The molecular weight excluding hydrogens is 291 g/mol. The summed E-state index contributed by atoms with van der Waals surface area (Å²) in [6, 6.07) is 4.01. The summed E-state index contributed by atoms with van der Waals surface area (Å²) in [5.74, 6) is 2.37. The molecule has 5 heteroatoms. The quantitative estimate of drug-likeness (QED) is 0.734. The molecule has 0 fully saturated rings. The van der Waals surface area contributed by atoms with E-state index in [2.05, 4.69) is 12.3 Å². The molecule has 0 radical (unpaired) electrons.